The molecule has 0 bridgehead atoms. The lowest BCUT2D eigenvalue weighted by molar-refractivity contribution is 0.410. The van der Waals surface area contributed by atoms with Gasteiger partial charge in [0.25, 0.3) is 0 Å². The van der Waals surface area contributed by atoms with E-state index < -0.39 is 10.0 Å². The maximum Gasteiger partial charge on any atom is 0.323 e. The first kappa shape index (κ1) is 14.8. The number of nitrogens with one attached hydrogen (secondary N) is 2. The fourth-order valence-corrected chi connectivity index (χ4v) is 3.82. The lowest BCUT2D eigenvalue weighted by Gasteiger charge is -2.20. The van der Waals surface area contributed by atoms with Crippen molar-refractivity contribution in [3.63, 3.8) is 0 Å². The molecule has 6 nitrogen and oxygen atoms in total. The van der Waals surface area contributed by atoms with Gasteiger partial charge in [-0.1, -0.05) is 13.8 Å². The number of imidazole rings is 1. The highest BCUT2D eigenvalue weighted by molar-refractivity contribution is 7.89. The van der Waals surface area contributed by atoms with Crippen LogP contribution in [-0.4, -0.2) is 35.8 Å². The molecule has 1 aromatic carbocycles. The highest BCUT2D eigenvalue weighted by atomic mass is 32.2. The summed E-state index contributed by atoms with van der Waals surface area (Å²) < 4.78 is 26.7. The summed E-state index contributed by atoms with van der Waals surface area (Å²) in [6, 6.07) is 4.64. The smallest absolute Gasteiger partial charge is 0.306 e. The molecule has 0 aliphatic heterocycles. The standard InChI is InChI=1S/C13H19N3O3S/c1-3-7-16(8-4-2)20(18,19)10-5-6-11-12(9-10)15-13(17)14-11/h5-6,9H,3-4,7-8H2,1-2H3,(H2,14,15,17). The Morgan fingerprint density at radius 3 is 2.25 bits per heavy atom. The second-order valence-electron chi connectivity index (χ2n) is 4.69. The van der Waals surface area contributed by atoms with Gasteiger partial charge in [0, 0.05) is 13.1 Å². The zero-order valence-corrected chi connectivity index (χ0v) is 12.5. The van der Waals surface area contributed by atoms with Crippen molar-refractivity contribution in [3.05, 3.63) is 28.7 Å². The summed E-state index contributed by atoms with van der Waals surface area (Å²) >= 11 is 0. The van der Waals surface area contributed by atoms with E-state index in [1.807, 2.05) is 13.8 Å². The Labute approximate surface area is 117 Å². The van der Waals surface area contributed by atoms with Crippen LogP contribution in [0.4, 0.5) is 0 Å². The first-order valence-corrected chi connectivity index (χ1v) is 8.15. The molecule has 0 amide bonds. The highest BCUT2D eigenvalue weighted by Crippen LogP contribution is 2.19. The van der Waals surface area contributed by atoms with E-state index in [-0.39, 0.29) is 10.6 Å². The molecular weight excluding hydrogens is 278 g/mol. The molecule has 0 atom stereocenters. The van der Waals surface area contributed by atoms with Crippen LogP contribution >= 0.6 is 0 Å². The van der Waals surface area contributed by atoms with E-state index in [0.717, 1.165) is 12.8 Å². The average Bonchev–Trinajstić information content (AvgIpc) is 2.77. The van der Waals surface area contributed by atoms with Gasteiger partial charge < -0.3 is 9.97 Å². The third kappa shape index (κ3) is 2.78. The molecule has 1 heterocycles. The Kier molecular flexibility index (Phi) is 4.29. The minimum atomic E-state index is -3.51. The molecule has 0 fully saturated rings. The van der Waals surface area contributed by atoms with E-state index in [9.17, 15) is 13.2 Å². The molecule has 0 spiro atoms. The van der Waals surface area contributed by atoms with Crippen molar-refractivity contribution in [2.75, 3.05) is 13.1 Å². The molecule has 0 saturated heterocycles. The monoisotopic (exact) mass is 297 g/mol. The Hall–Kier alpha value is -1.60. The maximum absolute atomic E-state index is 12.6. The van der Waals surface area contributed by atoms with Crippen LogP contribution in [0.5, 0.6) is 0 Å². The van der Waals surface area contributed by atoms with E-state index in [2.05, 4.69) is 9.97 Å². The molecule has 0 aliphatic carbocycles. The zero-order valence-electron chi connectivity index (χ0n) is 11.6. The van der Waals surface area contributed by atoms with Gasteiger partial charge in [0.2, 0.25) is 10.0 Å². The number of rotatable bonds is 6. The minimum Gasteiger partial charge on any atom is -0.306 e. The van der Waals surface area contributed by atoms with Crippen LogP contribution in [0.25, 0.3) is 11.0 Å². The van der Waals surface area contributed by atoms with Gasteiger partial charge >= 0.3 is 5.69 Å². The summed E-state index contributed by atoms with van der Waals surface area (Å²) in [6.07, 6.45) is 1.53. The molecule has 1 aromatic heterocycles. The van der Waals surface area contributed by atoms with Gasteiger partial charge in [0.15, 0.2) is 0 Å². The SMILES string of the molecule is CCCN(CCC)S(=O)(=O)c1ccc2[nH]c(=O)[nH]c2c1. The van der Waals surface area contributed by atoms with Crippen LogP contribution in [-0.2, 0) is 10.0 Å². The number of benzene rings is 1. The summed E-state index contributed by atoms with van der Waals surface area (Å²) in [5, 5.41) is 0. The highest BCUT2D eigenvalue weighted by Gasteiger charge is 2.23. The largest absolute Gasteiger partial charge is 0.323 e. The first-order chi connectivity index (χ1) is 9.48. The summed E-state index contributed by atoms with van der Waals surface area (Å²) in [7, 11) is -3.51. The van der Waals surface area contributed by atoms with Crippen molar-refractivity contribution in [1.82, 2.24) is 14.3 Å². The summed E-state index contributed by atoms with van der Waals surface area (Å²) in [4.78, 5) is 16.6. The minimum absolute atomic E-state index is 0.210. The van der Waals surface area contributed by atoms with Crippen LogP contribution in [0.2, 0.25) is 0 Å². The van der Waals surface area contributed by atoms with Gasteiger partial charge in [-0.25, -0.2) is 13.2 Å². The van der Waals surface area contributed by atoms with E-state index >= 15 is 0 Å². The Balaban J connectivity index is 2.46. The third-order valence-corrected chi connectivity index (χ3v) is 4.97. The van der Waals surface area contributed by atoms with Crippen LogP contribution < -0.4 is 5.69 Å². The number of H-pyrrole nitrogens is 2. The second kappa shape index (κ2) is 5.80. The molecule has 110 valence electrons. The molecule has 0 aliphatic rings. The van der Waals surface area contributed by atoms with E-state index in [1.165, 1.54) is 16.4 Å². The van der Waals surface area contributed by atoms with Crippen LogP contribution in [0.1, 0.15) is 26.7 Å². The molecule has 20 heavy (non-hydrogen) atoms. The number of nitrogens with zero attached hydrogens (tertiary/aromatic N) is 1. The topological polar surface area (TPSA) is 86.0 Å². The summed E-state index contributed by atoms with van der Waals surface area (Å²) in [6.45, 7) is 4.89. The quantitative estimate of drug-likeness (QED) is 0.850. The molecule has 2 N–H and O–H groups in total. The van der Waals surface area contributed by atoms with Gasteiger partial charge in [0.05, 0.1) is 15.9 Å². The molecule has 0 radical (unpaired) electrons. The number of hydrogen-bond acceptors (Lipinski definition) is 3. The third-order valence-electron chi connectivity index (χ3n) is 3.07. The molecule has 0 unspecified atom stereocenters. The second-order valence-corrected chi connectivity index (χ2v) is 6.63. The molecule has 2 aromatic rings. The lowest BCUT2D eigenvalue weighted by atomic mass is 10.3. The molecular formula is C13H19N3O3S. The van der Waals surface area contributed by atoms with Crippen molar-refractivity contribution in [2.45, 2.75) is 31.6 Å². The van der Waals surface area contributed by atoms with Crippen molar-refractivity contribution in [1.29, 1.82) is 0 Å². The average molecular weight is 297 g/mol. The number of fused-ring (bicyclic) bond motifs is 1. The van der Waals surface area contributed by atoms with Crippen molar-refractivity contribution in [3.8, 4) is 0 Å². The molecule has 7 heteroatoms. The lowest BCUT2D eigenvalue weighted by Crippen LogP contribution is -2.32. The van der Waals surface area contributed by atoms with Gasteiger partial charge in [-0.2, -0.15) is 4.31 Å². The first-order valence-electron chi connectivity index (χ1n) is 6.71. The Morgan fingerprint density at radius 1 is 1.05 bits per heavy atom. The van der Waals surface area contributed by atoms with Gasteiger partial charge in [-0.05, 0) is 31.0 Å². The van der Waals surface area contributed by atoms with Crippen molar-refractivity contribution < 1.29 is 8.42 Å². The number of aromatic nitrogens is 2. The fraction of sp³-hybridized carbons (Fsp3) is 0.462. The van der Waals surface area contributed by atoms with Crippen LogP contribution in [0.15, 0.2) is 27.9 Å². The van der Waals surface area contributed by atoms with Gasteiger partial charge in [-0.3, -0.25) is 0 Å². The maximum atomic E-state index is 12.6. The van der Waals surface area contributed by atoms with E-state index in [1.54, 1.807) is 6.07 Å². The van der Waals surface area contributed by atoms with Gasteiger partial charge in [-0.15, -0.1) is 0 Å². The van der Waals surface area contributed by atoms with Crippen molar-refractivity contribution in [2.24, 2.45) is 0 Å². The molecule has 0 saturated carbocycles. The predicted octanol–water partition coefficient (Wildman–Crippen LogP) is 1.67. The summed E-state index contributed by atoms with van der Waals surface area (Å²) in [5.41, 5.74) is 0.768. The van der Waals surface area contributed by atoms with Crippen molar-refractivity contribution >= 4 is 21.1 Å². The number of sulfonamides is 1. The zero-order chi connectivity index (χ0) is 14.8. The number of hydrogen-bond donors (Lipinski definition) is 2. The van der Waals surface area contributed by atoms with Crippen LogP contribution in [0, 0.1) is 0 Å². The normalized spacial score (nSPS) is 12.3. The number of aromatic amines is 2. The van der Waals surface area contributed by atoms with E-state index in [4.69, 9.17) is 0 Å². The summed E-state index contributed by atoms with van der Waals surface area (Å²) in [5.74, 6) is 0. The van der Waals surface area contributed by atoms with E-state index in [0.29, 0.717) is 24.1 Å². The van der Waals surface area contributed by atoms with Gasteiger partial charge in [0.1, 0.15) is 0 Å². The predicted molar refractivity (Wildman–Crippen MR) is 78.3 cm³/mol. The molecule has 2 rings (SSSR count). The van der Waals surface area contributed by atoms with Crippen LogP contribution in [0.3, 0.4) is 0 Å². The Morgan fingerprint density at radius 2 is 1.65 bits per heavy atom. The Bertz CT molecular complexity index is 740. The fourth-order valence-electron chi connectivity index (χ4n) is 2.17.